The Morgan fingerprint density at radius 3 is 2.88 bits per heavy atom. The van der Waals surface area contributed by atoms with Crippen molar-refractivity contribution in [2.75, 3.05) is 20.3 Å². The van der Waals surface area contributed by atoms with Crippen LogP contribution in [0.2, 0.25) is 0 Å². The first-order chi connectivity index (χ1) is 15.5. The van der Waals surface area contributed by atoms with Gasteiger partial charge in [0.05, 0.1) is 42.8 Å². The molecule has 170 valence electrons. The first-order valence-electron chi connectivity index (χ1n) is 11.5. The summed E-state index contributed by atoms with van der Waals surface area (Å²) in [5.74, 6) is 0.980. The van der Waals surface area contributed by atoms with E-state index in [0.717, 1.165) is 19.4 Å². The largest absolute Gasteiger partial charge is 0.492 e. The van der Waals surface area contributed by atoms with Crippen LogP contribution in [0, 0.1) is 17.8 Å². The van der Waals surface area contributed by atoms with Gasteiger partial charge in [0.25, 0.3) is 0 Å². The number of nitrogens with zero attached hydrogens (tertiary/aromatic N) is 1. The fourth-order valence-corrected chi connectivity index (χ4v) is 7.39. The van der Waals surface area contributed by atoms with Crippen molar-refractivity contribution in [1.82, 2.24) is 4.90 Å². The fourth-order valence-electron chi connectivity index (χ4n) is 7.39. The molecule has 6 aliphatic heterocycles. The van der Waals surface area contributed by atoms with E-state index in [1.165, 1.54) is 0 Å². The van der Waals surface area contributed by atoms with Crippen molar-refractivity contribution < 1.29 is 28.8 Å². The lowest BCUT2D eigenvalue weighted by Crippen LogP contribution is -2.60. The number of esters is 1. The van der Waals surface area contributed by atoms with E-state index in [1.54, 1.807) is 20.1 Å². The van der Waals surface area contributed by atoms with E-state index in [-0.39, 0.29) is 42.0 Å². The lowest BCUT2D eigenvalue weighted by Gasteiger charge is -2.47. The number of carbonyl (C=O) groups excluding carboxylic acids is 1. The maximum Gasteiger partial charge on any atom is 0.343 e. The van der Waals surface area contributed by atoms with Gasteiger partial charge in [0, 0.05) is 18.5 Å². The third-order valence-corrected chi connectivity index (χ3v) is 8.41. The Bertz CT molecular complexity index is 1020. The van der Waals surface area contributed by atoms with E-state index < -0.39 is 5.79 Å². The van der Waals surface area contributed by atoms with Crippen LogP contribution >= 0.6 is 0 Å². The highest BCUT2D eigenvalue weighted by Gasteiger charge is 2.83. The Balaban J connectivity index is 1.39. The second-order valence-electron chi connectivity index (χ2n) is 9.57. The highest BCUT2D eigenvalue weighted by atomic mass is 16.7. The smallest absolute Gasteiger partial charge is 0.343 e. The lowest BCUT2D eigenvalue weighted by molar-refractivity contribution is -0.255. The SMILES string of the molecule is COC1=C(C)C(=O)O/C1=C1\O[C@@]23O[C@@H]4C[C@@H]([C@H]2[C@@H]1C)N1CC[C@H]3[C@@]41/C=C/C=C/C=C/CO. The van der Waals surface area contributed by atoms with Crippen molar-refractivity contribution in [3.63, 3.8) is 0 Å². The minimum atomic E-state index is -0.686. The van der Waals surface area contributed by atoms with Crippen LogP contribution in [0.25, 0.3) is 0 Å². The number of piperidine rings is 1. The van der Waals surface area contributed by atoms with Crippen LogP contribution in [0.1, 0.15) is 26.7 Å². The Morgan fingerprint density at radius 1 is 1.28 bits per heavy atom. The number of aliphatic hydroxyl groups is 1. The summed E-state index contributed by atoms with van der Waals surface area (Å²) in [4.78, 5) is 14.9. The molecule has 6 rings (SSSR count). The molecule has 5 bridgehead atoms. The number of hydrogen-bond donors (Lipinski definition) is 1. The van der Waals surface area contributed by atoms with Gasteiger partial charge in [-0.15, -0.1) is 0 Å². The molecule has 0 aromatic carbocycles. The molecule has 5 saturated heterocycles. The molecule has 0 radical (unpaired) electrons. The number of hydrogen-bond acceptors (Lipinski definition) is 7. The van der Waals surface area contributed by atoms with E-state index in [2.05, 4.69) is 24.0 Å². The predicted molar refractivity (Wildman–Crippen MR) is 115 cm³/mol. The average molecular weight is 440 g/mol. The third kappa shape index (κ3) is 2.24. The monoisotopic (exact) mass is 439 g/mol. The topological polar surface area (TPSA) is 77.5 Å². The number of ether oxygens (including phenoxy) is 4. The van der Waals surface area contributed by atoms with E-state index in [0.29, 0.717) is 28.9 Å². The van der Waals surface area contributed by atoms with E-state index in [9.17, 15) is 4.79 Å². The highest BCUT2D eigenvalue weighted by molar-refractivity contribution is 5.93. The van der Waals surface area contributed by atoms with Gasteiger partial charge < -0.3 is 24.1 Å². The van der Waals surface area contributed by atoms with Crippen LogP contribution in [0.15, 0.2) is 59.3 Å². The molecule has 5 fully saturated rings. The molecule has 32 heavy (non-hydrogen) atoms. The summed E-state index contributed by atoms with van der Waals surface area (Å²) in [6.07, 6.45) is 14.0. The van der Waals surface area contributed by atoms with Gasteiger partial charge in [-0.25, -0.2) is 4.79 Å². The van der Waals surface area contributed by atoms with Crippen molar-refractivity contribution in [1.29, 1.82) is 0 Å². The van der Waals surface area contributed by atoms with E-state index >= 15 is 0 Å². The molecular formula is C25H29NO6. The molecule has 0 aromatic rings. The Morgan fingerprint density at radius 2 is 2.09 bits per heavy atom. The van der Waals surface area contributed by atoms with E-state index in [1.807, 2.05) is 18.2 Å². The maximum absolute atomic E-state index is 12.2. The second kappa shape index (κ2) is 6.83. The molecular weight excluding hydrogens is 410 g/mol. The molecule has 0 amide bonds. The van der Waals surface area contributed by atoms with Crippen molar-refractivity contribution in [3.05, 3.63) is 59.3 Å². The number of fused-ring (bicyclic) bond motifs is 1. The van der Waals surface area contributed by atoms with Crippen molar-refractivity contribution in [3.8, 4) is 0 Å². The van der Waals surface area contributed by atoms with Crippen LogP contribution < -0.4 is 0 Å². The van der Waals surface area contributed by atoms with Gasteiger partial charge in [0.2, 0.25) is 11.5 Å². The molecule has 1 unspecified atom stereocenters. The molecule has 0 aromatic heterocycles. The first-order valence-corrected chi connectivity index (χ1v) is 11.5. The number of cyclic esters (lactones) is 1. The maximum atomic E-state index is 12.2. The molecule has 1 N–H and O–H groups in total. The Kier molecular flexibility index (Phi) is 4.32. The van der Waals surface area contributed by atoms with Gasteiger partial charge in [-0.3, -0.25) is 4.90 Å². The van der Waals surface area contributed by atoms with Crippen LogP contribution in [0.3, 0.4) is 0 Å². The van der Waals surface area contributed by atoms with Gasteiger partial charge in [0.15, 0.2) is 5.76 Å². The van der Waals surface area contributed by atoms with Crippen LogP contribution in [0.5, 0.6) is 0 Å². The quantitative estimate of drug-likeness (QED) is 0.521. The van der Waals surface area contributed by atoms with Gasteiger partial charge in [0.1, 0.15) is 5.76 Å². The summed E-state index contributed by atoms with van der Waals surface area (Å²) >= 11 is 0. The number of methoxy groups -OCH3 is 1. The zero-order chi connectivity index (χ0) is 22.3. The van der Waals surface area contributed by atoms with Crippen LogP contribution in [-0.4, -0.2) is 59.7 Å². The number of aliphatic hydroxyl groups excluding tert-OH is 1. The normalized spacial score (nSPS) is 48.2. The standard InChI is InChI=1S/C25H29NO6/c1-14-19-16-13-18-24(10-7-5-4-6-8-12-27)17(9-11-26(16)24)25(19,31-18)32-21(14)22-20(29-3)15(2)23(28)30-22/h4-8,10,14,16-19,27H,9,11-13H2,1-3H3/b5-4+,8-6+,10-7+,22-21-/t14-,16-,17-,18+,19+,24-,25+/m0/s1. The van der Waals surface area contributed by atoms with E-state index in [4.69, 9.17) is 24.1 Å². The van der Waals surface area contributed by atoms with Gasteiger partial charge in [-0.1, -0.05) is 43.4 Å². The van der Waals surface area contributed by atoms with Gasteiger partial charge >= 0.3 is 5.97 Å². The number of carbonyl (C=O) groups is 1. The molecule has 1 spiro atoms. The minimum absolute atomic E-state index is 0.0392. The molecule has 6 aliphatic rings. The average Bonchev–Trinajstić information content (AvgIpc) is 3.49. The molecule has 7 heteroatoms. The zero-order valence-electron chi connectivity index (χ0n) is 18.6. The van der Waals surface area contributed by atoms with Gasteiger partial charge in [-0.2, -0.15) is 0 Å². The molecule has 0 aliphatic carbocycles. The minimum Gasteiger partial charge on any atom is -0.492 e. The van der Waals surface area contributed by atoms with Crippen molar-refractivity contribution in [2.24, 2.45) is 17.8 Å². The number of rotatable bonds is 5. The van der Waals surface area contributed by atoms with Crippen molar-refractivity contribution in [2.45, 2.75) is 50.2 Å². The summed E-state index contributed by atoms with van der Waals surface area (Å²) in [5, 5.41) is 8.88. The zero-order valence-corrected chi connectivity index (χ0v) is 18.6. The molecule has 6 heterocycles. The van der Waals surface area contributed by atoms with Crippen LogP contribution in [-0.2, 0) is 23.7 Å². The molecule has 0 saturated carbocycles. The molecule has 8 atom stereocenters. The molecule has 7 nitrogen and oxygen atoms in total. The van der Waals surface area contributed by atoms with Gasteiger partial charge in [-0.05, 0) is 19.8 Å². The highest BCUT2D eigenvalue weighted by Crippen LogP contribution is 2.72. The fraction of sp³-hybridized carbons (Fsp3) is 0.560. The first kappa shape index (κ1) is 20.3. The van der Waals surface area contributed by atoms with Crippen molar-refractivity contribution >= 4 is 5.97 Å². The summed E-state index contributed by atoms with van der Waals surface area (Å²) < 4.78 is 24.6. The Hall–Kier alpha value is -2.35. The third-order valence-electron chi connectivity index (χ3n) is 8.41. The predicted octanol–water partition coefficient (Wildman–Crippen LogP) is 2.56. The second-order valence-corrected chi connectivity index (χ2v) is 9.57. The summed E-state index contributed by atoms with van der Waals surface area (Å²) in [7, 11) is 1.56. The lowest BCUT2D eigenvalue weighted by atomic mass is 9.71. The summed E-state index contributed by atoms with van der Waals surface area (Å²) in [5.41, 5.74) is 0.313. The van der Waals surface area contributed by atoms with Crippen LogP contribution in [0.4, 0.5) is 0 Å². The Labute approximate surface area is 187 Å². The summed E-state index contributed by atoms with van der Waals surface area (Å²) in [6, 6.07) is 0.372. The summed E-state index contributed by atoms with van der Waals surface area (Å²) in [6.45, 7) is 4.96. The number of allylic oxidation sites excluding steroid dienone is 5.